The quantitative estimate of drug-likeness (QED) is 0.210. The van der Waals surface area contributed by atoms with Gasteiger partial charge in [-0.05, 0) is 79.2 Å². The molecule has 2 heterocycles. The first kappa shape index (κ1) is 25.6. The van der Waals surface area contributed by atoms with Crippen molar-refractivity contribution in [2.24, 2.45) is 0 Å². The Bertz CT molecular complexity index is 2020. The largest absolute Gasteiger partial charge is 0.744 e. The minimum absolute atomic E-state index is 0.211. The number of benzene rings is 4. The number of carbonyl (C=O) groups is 1. The Kier molecular flexibility index (Phi) is 6.44. The lowest BCUT2D eigenvalue weighted by atomic mass is 10.2. The molecule has 39 heavy (non-hydrogen) atoms. The molecule has 7 nitrogen and oxygen atoms in total. The third-order valence-electron chi connectivity index (χ3n) is 6.07. The molecular weight excluding hydrogens is 574 g/mol. The second-order valence-corrected chi connectivity index (χ2v) is 12.6. The number of hydrogen-bond acceptors (Lipinski definition) is 8. The van der Waals surface area contributed by atoms with Crippen molar-refractivity contribution in [2.75, 3.05) is 5.32 Å². The Balaban J connectivity index is 1.28. The van der Waals surface area contributed by atoms with Gasteiger partial charge in [0.15, 0.2) is 0 Å². The fourth-order valence-electron chi connectivity index (χ4n) is 4.21. The van der Waals surface area contributed by atoms with Gasteiger partial charge in [0.25, 0.3) is 5.91 Å². The molecule has 0 aliphatic carbocycles. The molecule has 4 aromatic carbocycles. The maximum atomic E-state index is 12.5. The Hall–Kier alpha value is -3.67. The number of nitrogens with zero attached hydrogens (tertiary/aromatic N) is 2. The van der Waals surface area contributed by atoms with Gasteiger partial charge in [-0.25, -0.2) is 18.4 Å². The maximum absolute atomic E-state index is 12.5. The van der Waals surface area contributed by atoms with E-state index in [9.17, 15) is 17.8 Å². The summed E-state index contributed by atoms with van der Waals surface area (Å²) in [6.45, 7) is 1.61. The van der Waals surface area contributed by atoms with E-state index in [1.165, 1.54) is 22.7 Å². The van der Waals surface area contributed by atoms with E-state index in [1.54, 1.807) is 43.3 Å². The fraction of sp³-hybridized carbons (Fsp3) is 0.0357. The number of nitrogens with one attached hydrogen (secondary N) is 1. The zero-order valence-electron chi connectivity index (χ0n) is 20.1. The highest BCUT2D eigenvalue weighted by molar-refractivity contribution is 7.86. The number of aryl methyl sites for hydroxylation is 1. The van der Waals surface area contributed by atoms with Gasteiger partial charge in [-0.15, -0.1) is 22.7 Å². The molecule has 0 spiro atoms. The highest BCUT2D eigenvalue weighted by Gasteiger charge is 2.17. The number of carbonyl (C=O) groups excluding carboxylic acids is 1. The molecule has 0 atom stereocenters. The van der Waals surface area contributed by atoms with Crippen LogP contribution in [0.2, 0.25) is 5.02 Å². The minimum Gasteiger partial charge on any atom is -0.744 e. The maximum Gasteiger partial charge on any atom is 0.255 e. The van der Waals surface area contributed by atoms with Crippen molar-refractivity contribution in [3.05, 3.63) is 95.0 Å². The van der Waals surface area contributed by atoms with E-state index < -0.39 is 10.1 Å². The van der Waals surface area contributed by atoms with Crippen LogP contribution in [0.15, 0.2) is 83.8 Å². The van der Waals surface area contributed by atoms with Crippen LogP contribution in [-0.4, -0.2) is 28.8 Å². The van der Waals surface area contributed by atoms with Gasteiger partial charge in [0, 0.05) is 27.4 Å². The van der Waals surface area contributed by atoms with E-state index >= 15 is 0 Å². The number of halogens is 1. The van der Waals surface area contributed by atoms with Gasteiger partial charge in [0.2, 0.25) is 0 Å². The summed E-state index contributed by atoms with van der Waals surface area (Å²) in [5.41, 5.74) is 4.54. The summed E-state index contributed by atoms with van der Waals surface area (Å²) >= 11 is 8.68. The van der Waals surface area contributed by atoms with E-state index in [4.69, 9.17) is 16.6 Å². The molecule has 11 heteroatoms. The zero-order valence-corrected chi connectivity index (χ0v) is 23.3. The fourth-order valence-corrected chi connectivity index (χ4v) is 7.69. The molecule has 6 rings (SSSR count). The number of thiazole rings is 2. The van der Waals surface area contributed by atoms with Crippen LogP contribution in [0.4, 0.5) is 5.69 Å². The predicted octanol–water partition coefficient (Wildman–Crippen LogP) is 7.36. The Morgan fingerprint density at radius 2 is 1.56 bits per heavy atom. The first-order chi connectivity index (χ1) is 18.7. The van der Waals surface area contributed by atoms with Gasteiger partial charge in [-0.2, -0.15) is 0 Å². The van der Waals surface area contributed by atoms with E-state index in [-0.39, 0.29) is 10.8 Å². The molecule has 0 aliphatic rings. The van der Waals surface area contributed by atoms with Crippen LogP contribution >= 0.6 is 34.3 Å². The molecule has 2 aromatic heterocycles. The first-order valence-corrected chi connectivity index (χ1v) is 15.0. The second-order valence-electron chi connectivity index (χ2n) is 8.78. The molecule has 0 saturated heterocycles. The van der Waals surface area contributed by atoms with Gasteiger partial charge in [0.1, 0.15) is 20.1 Å². The van der Waals surface area contributed by atoms with Crippen molar-refractivity contribution in [3.8, 4) is 21.1 Å². The third-order valence-corrected chi connectivity index (χ3v) is 9.67. The number of amides is 1. The smallest absolute Gasteiger partial charge is 0.255 e. The van der Waals surface area contributed by atoms with Crippen molar-refractivity contribution >= 4 is 76.4 Å². The number of rotatable bonds is 5. The molecule has 0 unspecified atom stereocenters. The normalized spacial score (nSPS) is 11.8. The molecule has 1 N–H and O–H groups in total. The predicted molar refractivity (Wildman–Crippen MR) is 156 cm³/mol. The molecule has 6 aromatic rings. The van der Waals surface area contributed by atoms with Crippen LogP contribution in [0, 0.1) is 6.92 Å². The van der Waals surface area contributed by atoms with E-state index in [1.807, 2.05) is 42.5 Å². The van der Waals surface area contributed by atoms with Crippen LogP contribution in [0.3, 0.4) is 0 Å². The lowest BCUT2D eigenvalue weighted by Gasteiger charge is -2.10. The number of aromatic nitrogens is 2. The molecule has 0 bridgehead atoms. The zero-order chi connectivity index (χ0) is 27.3. The van der Waals surface area contributed by atoms with E-state index in [2.05, 4.69) is 10.3 Å². The highest BCUT2D eigenvalue weighted by atomic mass is 35.5. The van der Waals surface area contributed by atoms with Gasteiger partial charge < -0.3 is 9.87 Å². The van der Waals surface area contributed by atoms with Crippen LogP contribution < -0.4 is 5.32 Å². The lowest BCUT2D eigenvalue weighted by molar-refractivity contribution is 0.102. The van der Waals surface area contributed by atoms with Gasteiger partial charge in [-0.3, -0.25) is 4.79 Å². The summed E-state index contributed by atoms with van der Waals surface area (Å²) in [5, 5.41) is 4.80. The summed E-state index contributed by atoms with van der Waals surface area (Å²) < 4.78 is 36.9. The Labute approximate surface area is 236 Å². The van der Waals surface area contributed by atoms with Crippen LogP contribution in [0.1, 0.15) is 15.9 Å². The monoisotopic (exact) mass is 590 g/mol. The topological polar surface area (TPSA) is 112 Å². The lowest BCUT2D eigenvalue weighted by Crippen LogP contribution is -2.11. The Morgan fingerprint density at radius 3 is 2.31 bits per heavy atom. The summed E-state index contributed by atoms with van der Waals surface area (Å²) in [5.74, 6) is -0.247. The molecule has 0 saturated carbocycles. The minimum atomic E-state index is -4.63. The number of anilines is 1. The standard InChI is InChI=1S/C28H18ClN3O4S3/c1-15-5-11-22-24(25(15)39(34,35)36)38-28(32-22)18-8-12-21-23(14-18)37-27(31-21)16-6-9-20(10-7-16)30-26(33)17-3-2-4-19(29)13-17/h2-14H,1H3,(H,30,33)(H,34,35,36)/p-1. The van der Waals surface area contributed by atoms with Gasteiger partial charge >= 0.3 is 0 Å². The van der Waals surface area contributed by atoms with Crippen molar-refractivity contribution in [3.63, 3.8) is 0 Å². The second kappa shape index (κ2) is 9.82. The van der Waals surface area contributed by atoms with E-state index in [0.29, 0.717) is 37.1 Å². The SMILES string of the molecule is Cc1ccc2nc(-c3ccc4nc(-c5ccc(NC(=O)c6cccc(Cl)c6)cc5)sc4c3)sc2c1S(=O)(=O)[O-]. The van der Waals surface area contributed by atoms with Gasteiger partial charge in [0.05, 0.1) is 25.3 Å². The van der Waals surface area contributed by atoms with Gasteiger partial charge in [-0.1, -0.05) is 23.7 Å². The first-order valence-electron chi connectivity index (χ1n) is 11.6. The third kappa shape index (κ3) is 5.05. The van der Waals surface area contributed by atoms with E-state index in [0.717, 1.165) is 26.4 Å². The highest BCUT2D eigenvalue weighted by Crippen LogP contribution is 2.38. The molecule has 194 valence electrons. The number of fused-ring (bicyclic) bond motifs is 2. The van der Waals surface area contributed by atoms with Crippen LogP contribution in [0.25, 0.3) is 41.6 Å². The van der Waals surface area contributed by atoms with Crippen LogP contribution in [0.5, 0.6) is 0 Å². The van der Waals surface area contributed by atoms with Crippen molar-refractivity contribution in [1.82, 2.24) is 9.97 Å². The molecule has 0 radical (unpaired) electrons. The molecule has 0 fully saturated rings. The Morgan fingerprint density at radius 1 is 0.872 bits per heavy atom. The summed E-state index contributed by atoms with van der Waals surface area (Å²) in [6.07, 6.45) is 0. The molecule has 0 aliphatic heterocycles. The average Bonchev–Trinajstić information content (AvgIpc) is 3.52. The van der Waals surface area contributed by atoms with Crippen LogP contribution in [-0.2, 0) is 10.1 Å². The summed E-state index contributed by atoms with van der Waals surface area (Å²) in [6, 6.07) is 23.3. The summed E-state index contributed by atoms with van der Waals surface area (Å²) in [4.78, 5) is 21.6. The average molecular weight is 591 g/mol. The number of hydrogen-bond donors (Lipinski definition) is 1. The van der Waals surface area contributed by atoms with Crippen molar-refractivity contribution in [2.45, 2.75) is 11.8 Å². The summed E-state index contributed by atoms with van der Waals surface area (Å²) in [7, 11) is -4.63. The van der Waals surface area contributed by atoms with Crippen molar-refractivity contribution < 1.29 is 17.8 Å². The molecular formula is C28H17ClN3O4S3-. The van der Waals surface area contributed by atoms with Crippen molar-refractivity contribution in [1.29, 1.82) is 0 Å². The molecule has 1 amide bonds.